The molecule has 1 aliphatic heterocycles. The number of aryl methyl sites for hydroxylation is 3. The lowest BCUT2D eigenvalue weighted by molar-refractivity contribution is -0.520. The van der Waals surface area contributed by atoms with E-state index in [-0.39, 0.29) is 11.7 Å². The van der Waals surface area contributed by atoms with Crippen molar-refractivity contribution in [1.29, 1.82) is 0 Å². The molecule has 0 fully saturated rings. The van der Waals surface area contributed by atoms with Crippen molar-refractivity contribution in [3.8, 4) is 0 Å². The van der Waals surface area contributed by atoms with E-state index in [1.165, 1.54) is 16.7 Å². The van der Waals surface area contributed by atoms with Crippen molar-refractivity contribution in [3.05, 3.63) is 86.8 Å². The Bertz CT molecular complexity index is 1130. The third-order valence-electron chi connectivity index (χ3n) is 5.11. The van der Waals surface area contributed by atoms with E-state index in [1.54, 1.807) is 10.6 Å². The van der Waals surface area contributed by atoms with Gasteiger partial charge < -0.3 is 0 Å². The summed E-state index contributed by atoms with van der Waals surface area (Å²) in [6.45, 7) is 8.04. The average molecular weight is 374 g/mol. The Morgan fingerprint density at radius 1 is 1.07 bits per heavy atom. The van der Waals surface area contributed by atoms with Gasteiger partial charge in [-0.15, -0.1) is 0 Å². The molecule has 6 heteroatoms. The summed E-state index contributed by atoms with van der Waals surface area (Å²) in [7, 11) is 0. The molecule has 28 heavy (non-hydrogen) atoms. The highest BCUT2D eigenvalue weighted by molar-refractivity contribution is 5.99. The van der Waals surface area contributed by atoms with Crippen molar-refractivity contribution in [1.82, 2.24) is 9.55 Å². The highest BCUT2D eigenvalue weighted by Gasteiger charge is 2.29. The minimum atomic E-state index is -0.356. The van der Waals surface area contributed by atoms with Gasteiger partial charge in [0.15, 0.2) is 6.17 Å². The van der Waals surface area contributed by atoms with Gasteiger partial charge in [0.2, 0.25) is 0 Å². The fourth-order valence-corrected chi connectivity index (χ4v) is 3.36. The molecule has 2 heterocycles. The molecule has 4 rings (SSSR count). The number of aromatic nitrogens is 2. The van der Waals surface area contributed by atoms with Gasteiger partial charge in [-0.25, -0.2) is 20.2 Å². The van der Waals surface area contributed by atoms with Crippen LogP contribution in [0.25, 0.3) is 0 Å². The number of hydrogen-bond acceptors (Lipinski definition) is 4. The van der Waals surface area contributed by atoms with E-state index in [4.69, 9.17) is 0 Å². The summed E-state index contributed by atoms with van der Waals surface area (Å²) in [6.07, 6.45) is -0.356. The van der Waals surface area contributed by atoms with Gasteiger partial charge in [0.25, 0.3) is 11.5 Å². The van der Waals surface area contributed by atoms with Gasteiger partial charge in [-0.05, 0) is 44.9 Å². The summed E-state index contributed by atoms with van der Waals surface area (Å²) in [6, 6.07) is 15.8. The van der Waals surface area contributed by atoms with Crippen LogP contribution in [0.3, 0.4) is 0 Å². The van der Waals surface area contributed by atoms with E-state index in [1.807, 2.05) is 50.2 Å². The Hall–Kier alpha value is -3.41. The fraction of sp³-hybridized carbons (Fsp3) is 0.227. The molecule has 3 aromatic rings. The van der Waals surface area contributed by atoms with Gasteiger partial charge in [-0.2, -0.15) is 0 Å². The van der Waals surface area contributed by atoms with Crippen molar-refractivity contribution >= 4 is 17.6 Å². The zero-order valence-corrected chi connectivity index (χ0v) is 16.5. The zero-order valence-electron chi connectivity index (χ0n) is 16.5. The van der Waals surface area contributed by atoms with Crippen molar-refractivity contribution in [2.45, 2.75) is 33.9 Å². The van der Waals surface area contributed by atoms with E-state index >= 15 is 0 Å². The van der Waals surface area contributed by atoms with Crippen LogP contribution in [0.2, 0.25) is 0 Å². The second-order valence-corrected chi connectivity index (χ2v) is 7.26. The van der Waals surface area contributed by atoms with E-state index in [0.29, 0.717) is 17.6 Å². The summed E-state index contributed by atoms with van der Waals surface area (Å²) in [5.74, 6) is 1.21. The lowest BCUT2D eigenvalue weighted by Crippen LogP contribution is -2.82. The summed E-state index contributed by atoms with van der Waals surface area (Å²) in [5, 5.41) is 6.65. The van der Waals surface area contributed by atoms with Crippen molar-refractivity contribution in [3.63, 3.8) is 0 Å². The quantitative estimate of drug-likeness (QED) is 0.642. The third kappa shape index (κ3) is 3.29. The first-order valence-corrected chi connectivity index (χ1v) is 9.33. The topological polar surface area (TPSA) is 72.9 Å². The molecule has 1 aromatic heterocycles. The SMILES string of the molecule is Cc1ccc([C@H]2[NH+]=C(Nc3cccc(C)c3C)Nc3nc(C)cc(=O)n32)cc1. The number of nitrogens with zero attached hydrogens (tertiary/aromatic N) is 2. The average Bonchev–Trinajstić information content (AvgIpc) is 2.65. The smallest absolute Gasteiger partial charge is 0.269 e. The van der Waals surface area contributed by atoms with Gasteiger partial charge in [-0.3, -0.25) is 9.79 Å². The minimum absolute atomic E-state index is 0.0983. The number of guanidine groups is 1. The highest BCUT2D eigenvalue weighted by atomic mass is 16.1. The summed E-state index contributed by atoms with van der Waals surface area (Å²) >= 11 is 0. The summed E-state index contributed by atoms with van der Waals surface area (Å²) < 4.78 is 1.64. The Balaban J connectivity index is 1.81. The van der Waals surface area contributed by atoms with Gasteiger partial charge in [0.1, 0.15) is 5.69 Å². The van der Waals surface area contributed by atoms with Crippen molar-refractivity contribution in [2.75, 3.05) is 10.6 Å². The van der Waals surface area contributed by atoms with Crippen molar-refractivity contribution < 1.29 is 4.99 Å². The molecule has 6 nitrogen and oxygen atoms in total. The fourth-order valence-electron chi connectivity index (χ4n) is 3.36. The molecule has 0 amide bonds. The molecule has 0 bridgehead atoms. The predicted molar refractivity (Wildman–Crippen MR) is 112 cm³/mol. The van der Waals surface area contributed by atoms with Gasteiger partial charge in [0.05, 0.1) is 0 Å². The van der Waals surface area contributed by atoms with Gasteiger partial charge in [0, 0.05) is 17.3 Å². The van der Waals surface area contributed by atoms with E-state index in [9.17, 15) is 4.79 Å². The first-order chi connectivity index (χ1) is 13.4. The predicted octanol–water partition coefficient (Wildman–Crippen LogP) is 2.00. The summed E-state index contributed by atoms with van der Waals surface area (Å²) in [5.41, 5.74) is 6.12. The maximum absolute atomic E-state index is 12.7. The molecular weight excluding hydrogens is 350 g/mol. The molecule has 2 aromatic carbocycles. The molecule has 142 valence electrons. The Morgan fingerprint density at radius 3 is 2.57 bits per heavy atom. The first-order valence-electron chi connectivity index (χ1n) is 9.33. The molecule has 0 saturated heterocycles. The number of hydrogen-bond donors (Lipinski definition) is 3. The maximum atomic E-state index is 12.7. The molecule has 1 aliphatic rings. The van der Waals surface area contributed by atoms with Crippen LogP contribution in [-0.2, 0) is 0 Å². The number of anilines is 2. The van der Waals surface area contributed by atoms with Crippen LogP contribution in [0.15, 0.2) is 53.3 Å². The van der Waals surface area contributed by atoms with Crippen LogP contribution in [-0.4, -0.2) is 15.5 Å². The second kappa shape index (κ2) is 6.96. The number of nitrogens with one attached hydrogen (secondary N) is 3. The minimum Gasteiger partial charge on any atom is -0.269 e. The Labute approximate surface area is 164 Å². The van der Waals surface area contributed by atoms with Gasteiger partial charge >= 0.3 is 5.96 Å². The molecule has 1 atom stereocenters. The highest BCUT2D eigenvalue weighted by Crippen LogP contribution is 2.20. The number of rotatable bonds is 2. The Morgan fingerprint density at radius 2 is 1.82 bits per heavy atom. The molecular formula is C22H24N5O+. The summed E-state index contributed by atoms with van der Waals surface area (Å²) in [4.78, 5) is 20.7. The molecule has 0 spiro atoms. The van der Waals surface area contributed by atoms with E-state index in [0.717, 1.165) is 11.3 Å². The monoisotopic (exact) mass is 374 g/mol. The lowest BCUT2D eigenvalue weighted by Gasteiger charge is -2.23. The zero-order chi connectivity index (χ0) is 19.8. The molecule has 0 radical (unpaired) electrons. The van der Waals surface area contributed by atoms with Crippen molar-refractivity contribution in [2.24, 2.45) is 0 Å². The van der Waals surface area contributed by atoms with E-state index < -0.39 is 0 Å². The van der Waals surface area contributed by atoms with Crippen LogP contribution in [0, 0.1) is 27.7 Å². The Kier molecular flexibility index (Phi) is 4.47. The lowest BCUT2D eigenvalue weighted by atomic mass is 10.1. The van der Waals surface area contributed by atoms with E-state index in [2.05, 4.69) is 40.5 Å². The van der Waals surface area contributed by atoms with Crippen LogP contribution in [0.4, 0.5) is 11.6 Å². The maximum Gasteiger partial charge on any atom is 0.357 e. The van der Waals surface area contributed by atoms with Crippen LogP contribution in [0.5, 0.6) is 0 Å². The normalized spacial score (nSPS) is 15.4. The van der Waals surface area contributed by atoms with Crippen LogP contribution in [0.1, 0.15) is 34.1 Å². The molecule has 3 N–H and O–H groups in total. The van der Waals surface area contributed by atoms with Crippen LogP contribution < -0.4 is 21.2 Å². The van der Waals surface area contributed by atoms with Crippen LogP contribution >= 0.6 is 0 Å². The largest absolute Gasteiger partial charge is 0.357 e. The first kappa shape index (κ1) is 18.0. The molecule has 0 aliphatic carbocycles. The number of fused-ring (bicyclic) bond motifs is 1. The molecule has 0 unspecified atom stereocenters. The number of benzene rings is 2. The standard InChI is InChI=1S/C22H23N5O/c1-13-8-10-17(11-9-13)20-25-21(24-18-7-5-6-14(2)16(18)4)26-22-23-15(3)12-19(28)27(20)22/h5-12,20H,1-4H3,(H2,23,24,25,26)/p+1/t20-/m0/s1. The van der Waals surface area contributed by atoms with Gasteiger partial charge in [-0.1, -0.05) is 42.0 Å². The third-order valence-corrected chi connectivity index (χ3v) is 5.11. The second-order valence-electron chi connectivity index (χ2n) is 7.26. The molecule has 0 saturated carbocycles.